The maximum Gasteiger partial charge on any atom is 0.0753 e. The zero-order valence-corrected chi connectivity index (χ0v) is 8.48. The molecule has 0 aliphatic carbocycles. The number of nitrogens with zero attached hydrogens (tertiary/aromatic N) is 3. The molecule has 5 nitrogen and oxygen atoms in total. The van der Waals surface area contributed by atoms with Gasteiger partial charge in [0, 0.05) is 7.05 Å². The van der Waals surface area contributed by atoms with Gasteiger partial charge in [0.2, 0.25) is 0 Å². The van der Waals surface area contributed by atoms with Gasteiger partial charge in [0.05, 0.1) is 17.9 Å². The standard InChI is InChI=1S/C9H17N5/c1-14-9(6-12-13-14)8-3-2-7(4-10)5-11-8/h6-8,11H,2-5,10H2,1H3. The Balaban J connectivity index is 1.99. The van der Waals surface area contributed by atoms with Gasteiger partial charge in [-0.25, -0.2) is 0 Å². The highest BCUT2D eigenvalue weighted by molar-refractivity contribution is 5.03. The highest BCUT2D eigenvalue weighted by atomic mass is 15.4. The Bertz CT molecular complexity index is 287. The molecule has 1 saturated heterocycles. The quantitative estimate of drug-likeness (QED) is 0.686. The summed E-state index contributed by atoms with van der Waals surface area (Å²) in [5, 5.41) is 11.3. The number of aromatic nitrogens is 3. The van der Waals surface area contributed by atoms with Crippen molar-refractivity contribution < 1.29 is 0 Å². The summed E-state index contributed by atoms with van der Waals surface area (Å²) in [6, 6.07) is 0.401. The Morgan fingerprint density at radius 1 is 1.64 bits per heavy atom. The number of nitrogens with one attached hydrogen (secondary N) is 1. The number of hydrogen-bond acceptors (Lipinski definition) is 4. The van der Waals surface area contributed by atoms with E-state index in [2.05, 4.69) is 15.6 Å². The molecule has 14 heavy (non-hydrogen) atoms. The monoisotopic (exact) mass is 195 g/mol. The Labute approximate surface area is 83.7 Å². The molecule has 2 rings (SSSR count). The van der Waals surface area contributed by atoms with Crippen molar-refractivity contribution >= 4 is 0 Å². The van der Waals surface area contributed by atoms with E-state index in [-0.39, 0.29) is 0 Å². The van der Waals surface area contributed by atoms with Crippen molar-refractivity contribution in [2.24, 2.45) is 18.7 Å². The normalized spacial score (nSPS) is 27.9. The molecular formula is C9H17N5. The first-order chi connectivity index (χ1) is 6.81. The summed E-state index contributed by atoms with van der Waals surface area (Å²) >= 11 is 0. The molecule has 1 aliphatic rings. The van der Waals surface area contributed by atoms with Gasteiger partial charge in [-0.1, -0.05) is 5.21 Å². The van der Waals surface area contributed by atoms with E-state index in [4.69, 9.17) is 5.73 Å². The van der Waals surface area contributed by atoms with E-state index in [1.807, 2.05) is 17.9 Å². The van der Waals surface area contributed by atoms with Crippen LogP contribution in [0.3, 0.4) is 0 Å². The number of nitrogens with two attached hydrogens (primary N) is 1. The van der Waals surface area contributed by atoms with Gasteiger partial charge in [0.1, 0.15) is 0 Å². The zero-order valence-electron chi connectivity index (χ0n) is 8.48. The fraction of sp³-hybridized carbons (Fsp3) is 0.778. The summed E-state index contributed by atoms with van der Waals surface area (Å²) in [6.45, 7) is 1.79. The SMILES string of the molecule is Cn1nncc1C1CCC(CN)CN1. The molecule has 0 bridgehead atoms. The third-order valence-corrected chi connectivity index (χ3v) is 2.96. The van der Waals surface area contributed by atoms with E-state index >= 15 is 0 Å². The minimum absolute atomic E-state index is 0.401. The molecule has 1 fully saturated rings. The molecule has 0 radical (unpaired) electrons. The van der Waals surface area contributed by atoms with Gasteiger partial charge in [-0.15, -0.1) is 5.10 Å². The van der Waals surface area contributed by atoms with Crippen molar-refractivity contribution in [3.05, 3.63) is 11.9 Å². The van der Waals surface area contributed by atoms with Crippen LogP contribution in [0.5, 0.6) is 0 Å². The van der Waals surface area contributed by atoms with Crippen LogP contribution in [-0.4, -0.2) is 28.1 Å². The summed E-state index contributed by atoms with van der Waals surface area (Å²) in [7, 11) is 1.93. The van der Waals surface area contributed by atoms with Gasteiger partial charge in [0.15, 0.2) is 0 Å². The average Bonchev–Trinajstić information content (AvgIpc) is 2.65. The molecule has 2 unspecified atom stereocenters. The molecule has 3 N–H and O–H groups in total. The van der Waals surface area contributed by atoms with Gasteiger partial charge in [0.25, 0.3) is 0 Å². The largest absolute Gasteiger partial charge is 0.330 e. The number of aryl methyl sites for hydroxylation is 1. The van der Waals surface area contributed by atoms with Gasteiger partial charge in [-0.2, -0.15) is 0 Å². The van der Waals surface area contributed by atoms with Crippen LogP contribution >= 0.6 is 0 Å². The molecule has 0 aromatic carbocycles. The first kappa shape index (κ1) is 9.61. The predicted octanol–water partition coefficient (Wildman–Crippen LogP) is -0.185. The average molecular weight is 195 g/mol. The van der Waals surface area contributed by atoms with E-state index in [1.54, 1.807) is 0 Å². The zero-order chi connectivity index (χ0) is 9.97. The minimum Gasteiger partial charge on any atom is -0.330 e. The van der Waals surface area contributed by atoms with Crippen LogP contribution in [-0.2, 0) is 7.05 Å². The lowest BCUT2D eigenvalue weighted by Gasteiger charge is -2.28. The fourth-order valence-electron chi connectivity index (χ4n) is 1.98. The fourth-order valence-corrected chi connectivity index (χ4v) is 1.98. The smallest absolute Gasteiger partial charge is 0.0753 e. The van der Waals surface area contributed by atoms with Crippen LogP contribution in [0.25, 0.3) is 0 Å². The Hall–Kier alpha value is -0.940. The number of rotatable bonds is 2. The van der Waals surface area contributed by atoms with Gasteiger partial charge >= 0.3 is 0 Å². The Morgan fingerprint density at radius 2 is 2.50 bits per heavy atom. The van der Waals surface area contributed by atoms with E-state index in [1.165, 1.54) is 12.1 Å². The lowest BCUT2D eigenvalue weighted by molar-refractivity contribution is 0.311. The second-order valence-electron chi connectivity index (χ2n) is 3.92. The molecule has 0 saturated carbocycles. The number of hydrogen-bond donors (Lipinski definition) is 2. The molecule has 2 heterocycles. The highest BCUT2D eigenvalue weighted by Crippen LogP contribution is 2.23. The third-order valence-electron chi connectivity index (χ3n) is 2.96. The first-order valence-corrected chi connectivity index (χ1v) is 5.09. The molecule has 1 aliphatic heterocycles. The lowest BCUT2D eigenvalue weighted by Crippen LogP contribution is -2.37. The van der Waals surface area contributed by atoms with Crippen LogP contribution in [0, 0.1) is 5.92 Å². The van der Waals surface area contributed by atoms with Crippen molar-refractivity contribution in [2.45, 2.75) is 18.9 Å². The molecule has 78 valence electrons. The topological polar surface area (TPSA) is 68.8 Å². The second-order valence-corrected chi connectivity index (χ2v) is 3.92. The first-order valence-electron chi connectivity index (χ1n) is 5.09. The van der Waals surface area contributed by atoms with Gasteiger partial charge < -0.3 is 11.1 Å². The lowest BCUT2D eigenvalue weighted by atomic mass is 9.93. The molecule has 1 aromatic heterocycles. The van der Waals surface area contributed by atoms with Crippen LogP contribution in [0.15, 0.2) is 6.20 Å². The van der Waals surface area contributed by atoms with E-state index in [0.717, 1.165) is 19.5 Å². The Kier molecular flexibility index (Phi) is 2.79. The molecule has 1 aromatic rings. The van der Waals surface area contributed by atoms with E-state index in [9.17, 15) is 0 Å². The van der Waals surface area contributed by atoms with Gasteiger partial charge in [-0.3, -0.25) is 4.68 Å². The van der Waals surface area contributed by atoms with Crippen LogP contribution in [0.1, 0.15) is 24.6 Å². The van der Waals surface area contributed by atoms with Crippen molar-refractivity contribution in [2.75, 3.05) is 13.1 Å². The molecule has 5 heteroatoms. The molecule has 0 amide bonds. The van der Waals surface area contributed by atoms with Crippen LogP contribution in [0.2, 0.25) is 0 Å². The summed E-state index contributed by atoms with van der Waals surface area (Å²) in [5.74, 6) is 0.632. The summed E-state index contributed by atoms with van der Waals surface area (Å²) in [4.78, 5) is 0. The van der Waals surface area contributed by atoms with Crippen molar-refractivity contribution in [1.29, 1.82) is 0 Å². The van der Waals surface area contributed by atoms with E-state index in [0.29, 0.717) is 12.0 Å². The minimum atomic E-state index is 0.401. The summed E-state index contributed by atoms with van der Waals surface area (Å²) < 4.78 is 1.83. The van der Waals surface area contributed by atoms with Crippen molar-refractivity contribution in [3.8, 4) is 0 Å². The maximum atomic E-state index is 5.63. The van der Waals surface area contributed by atoms with E-state index < -0.39 is 0 Å². The molecule has 0 spiro atoms. The predicted molar refractivity (Wildman–Crippen MR) is 53.5 cm³/mol. The number of piperidine rings is 1. The summed E-state index contributed by atoms with van der Waals surface area (Å²) in [5.41, 5.74) is 6.79. The molecular weight excluding hydrogens is 178 g/mol. The van der Waals surface area contributed by atoms with Crippen LogP contribution in [0.4, 0.5) is 0 Å². The maximum absolute atomic E-state index is 5.63. The second kappa shape index (κ2) is 4.06. The molecule has 2 atom stereocenters. The summed E-state index contributed by atoms with van der Waals surface area (Å²) in [6.07, 6.45) is 4.16. The Morgan fingerprint density at radius 3 is 3.00 bits per heavy atom. The van der Waals surface area contributed by atoms with Crippen LogP contribution < -0.4 is 11.1 Å². The van der Waals surface area contributed by atoms with Gasteiger partial charge in [-0.05, 0) is 31.8 Å². The van der Waals surface area contributed by atoms with Crippen molar-refractivity contribution in [1.82, 2.24) is 20.3 Å². The third kappa shape index (κ3) is 1.78. The highest BCUT2D eigenvalue weighted by Gasteiger charge is 2.22. The van der Waals surface area contributed by atoms with Crippen molar-refractivity contribution in [3.63, 3.8) is 0 Å².